The molecule has 2 aliphatic rings. The predicted molar refractivity (Wildman–Crippen MR) is 103 cm³/mol. The van der Waals surface area contributed by atoms with Crippen molar-refractivity contribution in [3.8, 4) is 23.0 Å². The van der Waals surface area contributed by atoms with Gasteiger partial charge in [0, 0.05) is 17.7 Å². The van der Waals surface area contributed by atoms with E-state index in [2.05, 4.69) is 0 Å². The lowest BCUT2D eigenvalue weighted by Crippen LogP contribution is -2.57. The van der Waals surface area contributed by atoms with E-state index >= 15 is 0 Å². The quantitative estimate of drug-likeness (QED) is 0.431. The van der Waals surface area contributed by atoms with Gasteiger partial charge in [0.05, 0.1) is 11.7 Å². The van der Waals surface area contributed by atoms with Crippen molar-refractivity contribution >= 4 is 6.08 Å². The van der Waals surface area contributed by atoms with Crippen molar-refractivity contribution in [3.05, 3.63) is 53.3 Å². The van der Waals surface area contributed by atoms with Gasteiger partial charge in [0.1, 0.15) is 47.1 Å². The topological polar surface area (TPSA) is 149 Å². The summed E-state index contributed by atoms with van der Waals surface area (Å²) in [6, 6.07) is 8.60. The van der Waals surface area contributed by atoms with Gasteiger partial charge >= 0.3 is 0 Å². The maximum absolute atomic E-state index is 10.3. The summed E-state index contributed by atoms with van der Waals surface area (Å²) >= 11 is 0. The number of hydrogen-bond donors (Lipinski definition) is 6. The van der Waals surface area contributed by atoms with Gasteiger partial charge in [-0.3, -0.25) is 0 Å². The van der Waals surface area contributed by atoms with E-state index in [9.17, 15) is 30.6 Å². The van der Waals surface area contributed by atoms with Crippen molar-refractivity contribution in [2.24, 2.45) is 0 Å². The van der Waals surface area contributed by atoms with Gasteiger partial charge in [-0.15, -0.1) is 0 Å². The van der Waals surface area contributed by atoms with Crippen LogP contribution < -0.4 is 4.74 Å². The number of ether oxygens (including phenoxy) is 3. The van der Waals surface area contributed by atoms with Crippen LogP contribution in [0.15, 0.2) is 42.2 Å². The molecule has 0 aromatic heterocycles. The first-order valence-corrected chi connectivity index (χ1v) is 9.34. The van der Waals surface area contributed by atoms with Crippen LogP contribution >= 0.6 is 0 Å². The molecule has 6 N–H and O–H groups in total. The first kappa shape index (κ1) is 20.3. The van der Waals surface area contributed by atoms with Crippen molar-refractivity contribution in [3.63, 3.8) is 0 Å². The fourth-order valence-corrected chi connectivity index (χ4v) is 3.47. The fourth-order valence-electron chi connectivity index (χ4n) is 3.47. The molecule has 4 rings (SSSR count). The normalized spacial score (nSPS) is 30.7. The number of hydrogen-bond acceptors (Lipinski definition) is 9. The summed E-state index contributed by atoms with van der Waals surface area (Å²) in [6.07, 6.45) is -5.80. The molecule has 0 saturated carbocycles. The van der Waals surface area contributed by atoms with E-state index in [4.69, 9.17) is 14.2 Å². The van der Waals surface area contributed by atoms with Crippen LogP contribution in [0, 0.1) is 0 Å². The van der Waals surface area contributed by atoms with Crippen molar-refractivity contribution in [2.45, 2.75) is 43.7 Å². The molecule has 2 aromatic carbocycles. The summed E-state index contributed by atoms with van der Waals surface area (Å²) in [4.78, 5) is 0. The Hall–Kier alpha value is -2.98. The standard InChI is InChI=1S/C21H22O9/c1-9-17(25)18(26)19(27)21(28-9)30-16-8-13-14(24)6-12(23)7-15(13)29-20(16)10-2-4-11(22)5-3-10/h2-9,17-27H,1H3/t9-,17-,18+,19-,20?,21-/m0/s1. The zero-order valence-electron chi connectivity index (χ0n) is 15.9. The van der Waals surface area contributed by atoms with E-state index in [0.717, 1.165) is 6.07 Å². The summed E-state index contributed by atoms with van der Waals surface area (Å²) in [6.45, 7) is 1.53. The van der Waals surface area contributed by atoms with Crippen LogP contribution in [0.1, 0.15) is 24.2 Å². The van der Waals surface area contributed by atoms with Crippen LogP contribution in [0.25, 0.3) is 6.08 Å². The van der Waals surface area contributed by atoms with Crippen LogP contribution in [0.4, 0.5) is 0 Å². The second kappa shape index (κ2) is 7.69. The summed E-state index contributed by atoms with van der Waals surface area (Å²) < 4.78 is 17.3. The molecule has 0 radical (unpaired) electrons. The second-order valence-electron chi connectivity index (χ2n) is 7.31. The highest BCUT2D eigenvalue weighted by molar-refractivity contribution is 5.69. The Morgan fingerprint density at radius 2 is 1.57 bits per heavy atom. The predicted octanol–water partition coefficient (Wildman–Crippen LogP) is 1.12. The number of phenols is 3. The maximum Gasteiger partial charge on any atom is 0.228 e. The number of phenolic OH excluding ortho intramolecular Hbond substituents is 3. The SMILES string of the molecule is C[C@@H]1O[C@@H](OC2=Cc3c(O)cc(O)cc3OC2c2ccc(O)cc2)[C@@H](O)[C@H](O)[C@H]1O. The molecule has 2 aromatic rings. The molecule has 30 heavy (non-hydrogen) atoms. The lowest BCUT2D eigenvalue weighted by Gasteiger charge is -2.40. The van der Waals surface area contributed by atoms with Crippen molar-refractivity contribution in [2.75, 3.05) is 0 Å². The molecule has 1 fully saturated rings. The Bertz CT molecular complexity index is 956. The molecule has 2 heterocycles. The lowest BCUT2D eigenvalue weighted by molar-refractivity contribution is -0.285. The van der Waals surface area contributed by atoms with Crippen molar-refractivity contribution in [1.29, 1.82) is 0 Å². The third-order valence-electron chi connectivity index (χ3n) is 5.15. The molecule has 6 atom stereocenters. The fraction of sp³-hybridized carbons (Fsp3) is 0.333. The average molecular weight is 418 g/mol. The lowest BCUT2D eigenvalue weighted by atomic mass is 9.99. The van der Waals surface area contributed by atoms with E-state index in [1.807, 2.05) is 0 Å². The molecular weight excluding hydrogens is 396 g/mol. The maximum atomic E-state index is 10.3. The zero-order valence-corrected chi connectivity index (χ0v) is 15.9. The molecule has 1 unspecified atom stereocenters. The zero-order chi connectivity index (χ0) is 21.6. The minimum Gasteiger partial charge on any atom is -0.508 e. The minimum absolute atomic E-state index is 0.0497. The minimum atomic E-state index is -1.53. The van der Waals surface area contributed by atoms with Crippen LogP contribution in [0.5, 0.6) is 23.0 Å². The number of benzene rings is 2. The Labute approximate surface area is 171 Å². The van der Waals surface area contributed by atoms with Gasteiger partial charge in [0.25, 0.3) is 0 Å². The Morgan fingerprint density at radius 3 is 2.27 bits per heavy atom. The molecule has 0 amide bonds. The van der Waals surface area contributed by atoms with Gasteiger partial charge in [0.15, 0.2) is 6.10 Å². The highest BCUT2D eigenvalue weighted by Gasteiger charge is 2.44. The molecule has 2 aliphatic heterocycles. The van der Waals surface area contributed by atoms with E-state index in [1.54, 1.807) is 12.1 Å². The smallest absolute Gasteiger partial charge is 0.228 e. The van der Waals surface area contributed by atoms with Gasteiger partial charge in [-0.2, -0.15) is 0 Å². The van der Waals surface area contributed by atoms with Crippen molar-refractivity contribution < 1.29 is 44.8 Å². The molecule has 1 saturated heterocycles. The number of aromatic hydroxyl groups is 3. The molecule has 0 aliphatic carbocycles. The Balaban J connectivity index is 1.72. The number of aliphatic hydroxyl groups excluding tert-OH is 3. The van der Waals surface area contributed by atoms with Gasteiger partial charge in [-0.05, 0) is 25.1 Å². The number of fused-ring (bicyclic) bond motifs is 1. The second-order valence-corrected chi connectivity index (χ2v) is 7.31. The van der Waals surface area contributed by atoms with Crippen LogP contribution in [-0.4, -0.2) is 61.3 Å². The van der Waals surface area contributed by atoms with Gasteiger partial charge in [-0.25, -0.2) is 0 Å². The third-order valence-corrected chi connectivity index (χ3v) is 5.15. The molecule has 0 spiro atoms. The first-order valence-electron chi connectivity index (χ1n) is 9.34. The summed E-state index contributed by atoms with van der Waals surface area (Å²) in [5, 5.41) is 59.8. The summed E-state index contributed by atoms with van der Waals surface area (Å²) in [5.74, 6) is -0.0378. The average Bonchev–Trinajstić information content (AvgIpc) is 2.71. The monoisotopic (exact) mass is 418 g/mol. The Kier molecular flexibility index (Phi) is 5.20. The molecular formula is C21H22O9. The number of rotatable bonds is 3. The van der Waals surface area contributed by atoms with Crippen LogP contribution in [-0.2, 0) is 9.47 Å². The van der Waals surface area contributed by atoms with E-state index in [-0.39, 0.29) is 34.3 Å². The Morgan fingerprint density at radius 1 is 0.867 bits per heavy atom. The van der Waals surface area contributed by atoms with Crippen LogP contribution in [0.2, 0.25) is 0 Å². The van der Waals surface area contributed by atoms with E-state index in [0.29, 0.717) is 5.56 Å². The van der Waals surface area contributed by atoms with Crippen LogP contribution in [0.3, 0.4) is 0 Å². The molecule has 0 bridgehead atoms. The largest absolute Gasteiger partial charge is 0.508 e. The number of aliphatic hydroxyl groups is 3. The highest BCUT2D eigenvalue weighted by Crippen LogP contribution is 2.44. The molecule has 9 heteroatoms. The van der Waals surface area contributed by atoms with Crippen molar-refractivity contribution in [1.82, 2.24) is 0 Å². The van der Waals surface area contributed by atoms with Gasteiger partial charge in [-0.1, -0.05) is 12.1 Å². The molecule has 160 valence electrons. The van der Waals surface area contributed by atoms with E-state index < -0.39 is 36.8 Å². The van der Waals surface area contributed by atoms with E-state index in [1.165, 1.54) is 31.2 Å². The third kappa shape index (κ3) is 3.63. The summed E-state index contributed by atoms with van der Waals surface area (Å²) in [7, 11) is 0. The molecule has 9 nitrogen and oxygen atoms in total. The first-order chi connectivity index (χ1) is 14.2. The van der Waals surface area contributed by atoms with Gasteiger partial charge in [0.2, 0.25) is 6.29 Å². The highest BCUT2D eigenvalue weighted by atomic mass is 16.7. The van der Waals surface area contributed by atoms with Gasteiger partial charge < -0.3 is 44.8 Å². The summed E-state index contributed by atoms with van der Waals surface area (Å²) in [5.41, 5.74) is 0.822.